The Hall–Kier alpha value is -0.835. The quantitative estimate of drug-likeness (QED) is 0.741. The van der Waals surface area contributed by atoms with Crippen molar-refractivity contribution in [3.05, 3.63) is 35.2 Å². The molecule has 1 aromatic heterocycles. The van der Waals surface area contributed by atoms with Gasteiger partial charge >= 0.3 is 7.12 Å². The minimum atomic E-state index is -0.267. The number of benzene rings is 1. The number of hydrogen-bond donors (Lipinski definition) is 0. The van der Waals surface area contributed by atoms with E-state index in [-0.39, 0.29) is 24.1 Å². The van der Waals surface area contributed by atoms with Gasteiger partial charge in [-0.2, -0.15) is 0 Å². The summed E-state index contributed by atoms with van der Waals surface area (Å²) in [4.78, 5) is 0. The van der Waals surface area contributed by atoms with E-state index in [1.807, 2.05) is 0 Å². The lowest BCUT2D eigenvalue weighted by Gasteiger charge is -2.32. The first kappa shape index (κ1) is 15.1. The third kappa shape index (κ3) is 2.43. The summed E-state index contributed by atoms with van der Waals surface area (Å²) < 4.78 is 13.9. The normalized spacial score (nSPS) is 21.9. The SMILES string of the molecule is CC[C@H](B1OC(C)(C)C(C)(C)O1)c1csc2ccccc12. The Kier molecular flexibility index (Phi) is 3.67. The number of thiophene rings is 1. The van der Waals surface area contributed by atoms with Crippen LogP contribution in [0.4, 0.5) is 0 Å². The van der Waals surface area contributed by atoms with Crippen molar-refractivity contribution in [2.75, 3.05) is 0 Å². The molecular formula is C17H23BO2S. The molecule has 0 N–H and O–H groups in total. The molecule has 1 atom stereocenters. The molecule has 2 nitrogen and oxygen atoms in total. The van der Waals surface area contributed by atoms with Crippen LogP contribution in [0.2, 0.25) is 0 Å². The second-order valence-corrected chi connectivity index (χ2v) is 7.74. The maximum atomic E-state index is 6.27. The van der Waals surface area contributed by atoms with Crippen molar-refractivity contribution >= 4 is 28.5 Å². The Morgan fingerprint density at radius 1 is 1.10 bits per heavy atom. The highest BCUT2D eigenvalue weighted by molar-refractivity contribution is 7.17. The van der Waals surface area contributed by atoms with E-state index in [2.05, 4.69) is 64.3 Å². The third-order valence-corrected chi connectivity index (χ3v) is 5.93. The van der Waals surface area contributed by atoms with Crippen LogP contribution in [-0.4, -0.2) is 18.3 Å². The monoisotopic (exact) mass is 302 g/mol. The topological polar surface area (TPSA) is 18.5 Å². The van der Waals surface area contributed by atoms with Crippen molar-refractivity contribution in [2.45, 2.75) is 58.1 Å². The first-order valence-electron chi connectivity index (χ1n) is 7.67. The zero-order valence-electron chi connectivity index (χ0n) is 13.5. The minimum Gasteiger partial charge on any atom is -0.403 e. The summed E-state index contributed by atoms with van der Waals surface area (Å²) >= 11 is 1.81. The predicted octanol–water partition coefficient (Wildman–Crippen LogP) is 5.03. The van der Waals surface area contributed by atoms with Crippen molar-refractivity contribution in [1.82, 2.24) is 0 Å². The van der Waals surface area contributed by atoms with Gasteiger partial charge in [0.15, 0.2) is 0 Å². The van der Waals surface area contributed by atoms with Crippen LogP contribution in [0.5, 0.6) is 0 Å². The Labute approximate surface area is 131 Å². The Bertz CT molecular complexity index is 631. The summed E-state index contributed by atoms with van der Waals surface area (Å²) in [5, 5.41) is 3.60. The molecule has 2 heterocycles. The van der Waals surface area contributed by atoms with Crippen molar-refractivity contribution in [3.63, 3.8) is 0 Å². The van der Waals surface area contributed by atoms with Crippen molar-refractivity contribution < 1.29 is 9.31 Å². The van der Waals surface area contributed by atoms with Crippen LogP contribution in [0.15, 0.2) is 29.6 Å². The van der Waals surface area contributed by atoms with Gasteiger partial charge in [0.25, 0.3) is 0 Å². The van der Waals surface area contributed by atoms with Gasteiger partial charge in [-0.25, -0.2) is 0 Å². The molecule has 2 aromatic rings. The van der Waals surface area contributed by atoms with Crippen LogP contribution in [0.3, 0.4) is 0 Å². The fourth-order valence-corrected chi connectivity index (χ4v) is 3.92. The lowest BCUT2D eigenvalue weighted by molar-refractivity contribution is 0.00578. The molecule has 21 heavy (non-hydrogen) atoms. The average molecular weight is 302 g/mol. The standard InChI is InChI=1S/C17H23BO2S/c1-6-14(18-19-16(2,3)17(4,5)20-18)13-11-21-15-10-8-7-9-12(13)15/h7-11,14H,6H2,1-5H3/t14-/m0/s1. The smallest absolute Gasteiger partial charge is 0.403 e. The second-order valence-electron chi connectivity index (χ2n) is 6.83. The Morgan fingerprint density at radius 2 is 1.71 bits per heavy atom. The molecule has 0 bridgehead atoms. The number of fused-ring (bicyclic) bond motifs is 1. The van der Waals surface area contributed by atoms with Crippen LogP contribution >= 0.6 is 11.3 Å². The molecule has 0 unspecified atom stereocenters. The van der Waals surface area contributed by atoms with Crippen LogP contribution in [0.25, 0.3) is 10.1 Å². The van der Waals surface area contributed by atoms with Gasteiger partial charge in [0.2, 0.25) is 0 Å². The molecule has 0 saturated carbocycles. The van der Waals surface area contributed by atoms with Crippen LogP contribution in [0, 0.1) is 0 Å². The molecule has 1 aromatic carbocycles. The average Bonchev–Trinajstić information content (AvgIpc) is 2.91. The highest BCUT2D eigenvalue weighted by atomic mass is 32.1. The maximum Gasteiger partial charge on any atom is 0.465 e. The highest BCUT2D eigenvalue weighted by Crippen LogP contribution is 2.43. The molecule has 1 aliphatic heterocycles. The van der Waals surface area contributed by atoms with E-state index in [9.17, 15) is 0 Å². The van der Waals surface area contributed by atoms with Crippen molar-refractivity contribution in [3.8, 4) is 0 Å². The third-order valence-electron chi connectivity index (χ3n) is 4.95. The Morgan fingerprint density at radius 3 is 2.33 bits per heavy atom. The van der Waals surface area contributed by atoms with Crippen LogP contribution in [0.1, 0.15) is 52.4 Å². The van der Waals surface area contributed by atoms with E-state index in [0.717, 1.165) is 6.42 Å². The molecule has 1 aliphatic rings. The lowest BCUT2D eigenvalue weighted by atomic mass is 9.66. The molecule has 0 spiro atoms. The molecule has 4 heteroatoms. The van der Waals surface area contributed by atoms with Gasteiger partial charge in [0, 0.05) is 10.5 Å². The zero-order valence-corrected chi connectivity index (χ0v) is 14.3. The second kappa shape index (κ2) is 5.11. The molecule has 0 radical (unpaired) electrons. The van der Waals surface area contributed by atoms with E-state index in [4.69, 9.17) is 9.31 Å². The largest absolute Gasteiger partial charge is 0.465 e. The van der Waals surface area contributed by atoms with E-state index in [0.29, 0.717) is 0 Å². The molecule has 3 rings (SSSR count). The fraction of sp³-hybridized carbons (Fsp3) is 0.529. The molecule has 0 amide bonds. The minimum absolute atomic E-state index is 0.169. The summed E-state index contributed by atoms with van der Waals surface area (Å²) in [5.74, 6) is 0.280. The van der Waals surface area contributed by atoms with E-state index < -0.39 is 0 Å². The Balaban J connectivity index is 1.97. The van der Waals surface area contributed by atoms with Gasteiger partial charge in [0.1, 0.15) is 0 Å². The van der Waals surface area contributed by atoms with Gasteiger partial charge in [-0.1, -0.05) is 31.5 Å². The summed E-state index contributed by atoms with van der Waals surface area (Å²) in [6.07, 6.45) is 1.01. The fourth-order valence-electron chi connectivity index (χ4n) is 2.90. The van der Waals surface area contributed by atoms with E-state index in [1.54, 1.807) is 11.3 Å². The molecule has 112 valence electrons. The van der Waals surface area contributed by atoms with Crippen molar-refractivity contribution in [1.29, 1.82) is 0 Å². The lowest BCUT2D eigenvalue weighted by Crippen LogP contribution is -2.41. The van der Waals surface area contributed by atoms with Crippen molar-refractivity contribution in [2.24, 2.45) is 0 Å². The number of rotatable bonds is 3. The molecule has 0 aliphatic carbocycles. The predicted molar refractivity (Wildman–Crippen MR) is 90.9 cm³/mol. The summed E-state index contributed by atoms with van der Waals surface area (Å²) in [6, 6.07) is 8.59. The summed E-state index contributed by atoms with van der Waals surface area (Å²) in [6.45, 7) is 10.7. The first-order valence-corrected chi connectivity index (χ1v) is 8.55. The molecule has 1 fully saturated rings. The summed E-state index contributed by atoms with van der Waals surface area (Å²) in [7, 11) is -0.169. The van der Waals surface area contributed by atoms with Crippen LogP contribution < -0.4 is 0 Å². The van der Waals surface area contributed by atoms with Crippen LogP contribution in [-0.2, 0) is 9.31 Å². The zero-order chi connectivity index (χ0) is 15.3. The van der Waals surface area contributed by atoms with E-state index >= 15 is 0 Å². The highest BCUT2D eigenvalue weighted by Gasteiger charge is 2.53. The summed E-state index contributed by atoms with van der Waals surface area (Å²) in [5.41, 5.74) is 0.824. The number of hydrogen-bond acceptors (Lipinski definition) is 3. The van der Waals surface area contributed by atoms with Gasteiger partial charge in [-0.05, 0) is 50.1 Å². The van der Waals surface area contributed by atoms with Gasteiger partial charge in [-0.15, -0.1) is 11.3 Å². The van der Waals surface area contributed by atoms with Gasteiger partial charge in [0.05, 0.1) is 11.2 Å². The van der Waals surface area contributed by atoms with E-state index in [1.165, 1.54) is 15.6 Å². The van der Waals surface area contributed by atoms with Gasteiger partial charge in [-0.3, -0.25) is 0 Å². The molecular weight excluding hydrogens is 279 g/mol. The molecule has 1 saturated heterocycles. The first-order chi connectivity index (χ1) is 9.86. The van der Waals surface area contributed by atoms with Gasteiger partial charge < -0.3 is 9.31 Å². The maximum absolute atomic E-state index is 6.27.